The molecule has 1 unspecified atom stereocenters. The summed E-state index contributed by atoms with van der Waals surface area (Å²) in [5.41, 5.74) is 5.39. The largest absolute Gasteiger partial charge is 0.442 e. The monoisotopic (exact) mass is 369 g/mol. The van der Waals surface area contributed by atoms with Gasteiger partial charge in [-0.05, 0) is 37.0 Å². The summed E-state index contributed by atoms with van der Waals surface area (Å²) in [6, 6.07) is 6.04. The van der Waals surface area contributed by atoms with E-state index < -0.39 is 0 Å². The maximum atomic E-state index is 12.3. The summed E-state index contributed by atoms with van der Waals surface area (Å²) >= 11 is 0. The summed E-state index contributed by atoms with van der Waals surface area (Å²) in [5.74, 6) is 0.761. The third kappa shape index (κ3) is 3.22. The summed E-state index contributed by atoms with van der Waals surface area (Å²) in [6.45, 7) is 2.20. The van der Waals surface area contributed by atoms with E-state index >= 15 is 0 Å². The molecule has 3 N–H and O–H groups in total. The summed E-state index contributed by atoms with van der Waals surface area (Å²) in [6.07, 6.45) is 2.20. The molecular weight excluding hydrogens is 346 g/mol. The number of H-pyrrole nitrogens is 1. The number of aromatic nitrogens is 2. The molecule has 0 spiro atoms. The number of anilines is 2. The molecule has 8 nitrogen and oxygen atoms in total. The van der Waals surface area contributed by atoms with Crippen LogP contribution < -0.4 is 15.5 Å². The van der Waals surface area contributed by atoms with Crippen LogP contribution in [0.3, 0.4) is 0 Å². The van der Waals surface area contributed by atoms with Crippen LogP contribution in [-0.4, -0.2) is 48.4 Å². The molecule has 2 aromatic rings. The van der Waals surface area contributed by atoms with Crippen molar-refractivity contribution in [3.8, 4) is 11.3 Å². The first kappa shape index (κ1) is 17.4. The summed E-state index contributed by atoms with van der Waals surface area (Å²) in [5, 5.41) is 13.3. The van der Waals surface area contributed by atoms with Gasteiger partial charge in [-0.3, -0.25) is 14.8 Å². The lowest BCUT2D eigenvalue weighted by molar-refractivity contribution is -0.119. The first-order chi connectivity index (χ1) is 13.1. The van der Waals surface area contributed by atoms with Crippen LogP contribution >= 0.6 is 0 Å². The SMILES string of the molecule is CNc1n[nH]c2c1CCCc1cc(N3CC(CNC(C)=O)OC3=O)ccc1-2. The Balaban J connectivity index is 1.59. The maximum Gasteiger partial charge on any atom is 0.414 e. The minimum Gasteiger partial charge on any atom is -0.442 e. The fourth-order valence-corrected chi connectivity index (χ4v) is 3.79. The Hall–Kier alpha value is -3.03. The molecule has 142 valence electrons. The number of fused-ring (bicyclic) bond motifs is 3. The molecule has 0 radical (unpaired) electrons. The quantitative estimate of drug-likeness (QED) is 0.766. The molecule has 1 fully saturated rings. The van der Waals surface area contributed by atoms with E-state index in [-0.39, 0.29) is 18.1 Å². The second kappa shape index (κ2) is 6.94. The van der Waals surface area contributed by atoms with Crippen molar-refractivity contribution in [3.05, 3.63) is 29.3 Å². The first-order valence-electron chi connectivity index (χ1n) is 9.17. The molecule has 1 aromatic carbocycles. The van der Waals surface area contributed by atoms with E-state index in [0.717, 1.165) is 42.0 Å². The Morgan fingerprint density at radius 3 is 3.04 bits per heavy atom. The van der Waals surface area contributed by atoms with E-state index in [2.05, 4.69) is 26.9 Å². The number of rotatable bonds is 4. The molecule has 27 heavy (non-hydrogen) atoms. The van der Waals surface area contributed by atoms with Crippen LogP contribution in [0.1, 0.15) is 24.5 Å². The number of amides is 2. The van der Waals surface area contributed by atoms with Crippen molar-refractivity contribution < 1.29 is 14.3 Å². The van der Waals surface area contributed by atoms with Crippen molar-refractivity contribution in [2.45, 2.75) is 32.3 Å². The van der Waals surface area contributed by atoms with Crippen molar-refractivity contribution in [2.24, 2.45) is 0 Å². The highest BCUT2D eigenvalue weighted by Gasteiger charge is 2.33. The molecule has 2 heterocycles. The smallest absolute Gasteiger partial charge is 0.414 e. The van der Waals surface area contributed by atoms with Gasteiger partial charge < -0.3 is 15.4 Å². The number of nitrogens with zero attached hydrogens (tertiary/aromatic N) is 2. The Kier molecular flexibility index (Phi) is 4.47. The predicted molar refractivity (Wildman–Crippen MR) is 102 cm³/mol. The molecule has 4 rings (SSSR count). The highest BCUT2D eigenvalue weighted by molar-refractivity contribution is 5.90. The predicted octanol–water partition coefficient (Wildman–Crippen LogP) is 2.07. The second-order valence-electron chi connectivity index (χ2n) is 6.92. The Bertz CT molecular complexity index is 891. The van der Waals surface area contributed by atoms with Crippen molar-refractivity contribution in [3.63, 3.8) is 0 Å². The fourth-order valence-electron chi connectivity index (χ4n) is 3.79. The van der Waals surface area contributed by atoms with Crippen LogP contribution in [-0.2, 0) is 22.4 Å². The standard InChI is InChI=1S/C19H23N5O3/c1-11(25)21-9-14-10-24(19(26)27-14)13-6-7-15-12(8-13)4-3-5-16-17(15)22-23-18(16)20-2/h6-8,14H,3-5,9-10H2,1-2H3,(H,21,25)(H2,20,22,23). The van der Waals surface area contributed by atoms with E-state index in [0.29, 0.717) is 13.1 Å². The number of nitrogens with one attached hydrogen (secondary N) is 3. The lowest BCUT2D eigenvalue weighted by Crippen LogP contribution is -2.33. The molecule has 1 saturated heterocycles. The van der Waals surface area contributed by atoms with Crippen LogP contribution in [0, 0.1) is 0 Å². The lowest BCUT2D eigenvalue weighted by Gasteiger charge is -2.16. The molecule has 1 atom stereocenters. The highest BCUT2D eigenvalue weighted by atomic mass is 16.6. The molecule has 2 aliphatic rings. The van der Waals surface area contributed by atoms with Gasteiger partial charge in [0.1, 0.15) is 6.10 Å². The van der Waals surface area contributed by atoms with Gasteiger partial charge in [-0.2, -0.15) is 5.10 Å². The van der Waals surface area contributed by atoms with Crippen molar-refractivity contribution >= 4 is 23.5 Å². The van der Waals surface area contributed by atoms with E-state index in [1.807, 2.05) is 19.2 Å². The Morgan fingerprint density at radius 2 is 2.26 bits per heavy atom. The molecule has 1 aliphatic heterocycles. The van der Waals surface area contributed by atoms with Gasteiger partial charge in [0.2, 0.25) is 5.91 Å². The van der Waals surface area contributed by atoms with Crippen LogP contribution in [0.4, 0.5) is 16.3 Å². The molecular formula is C19H23N5O3. The molecule has 2 amide bonds. The van der Waals surface area contributed by atoms with Gasteiger partial charge >= 0.3 is 6.09 Å². The Labute approximate surface area is 157 Å². The van der Waals surface area contributed by atoms with Crippen LogP contribution in [0.25, 0.3) is 11.3 Å². The molecule has 0 bridgehead atoms. The molecule has 0 saturated carbocycles. The number of carbonyl (C=O) groups is 2. The molecule has 8 heteroatoms. The van der Waals surface area contributed by atoms with Gasteiger partial charge in [0, 0.05) is 30.8 Å². The number of aromatic amines is 1. The van der Waals surface area contributed by atoms with Gasteiger partial charge in [-0.15, -0.1) is 0 Å². The minimum atomic E-state index is -0.376. The van der Waals surface area contributed by atoms with E-state index in [1.165, 1.54) is 18.1 Å². The zero-order valence-corrected chi connectivity index (χ0v) is 15.5. The zero-order chi connectivity index (χ0) is 19.0. The van der Waals surface area contributed by atoms with E-state index in [9.17, 15) is 9.59 Å². The zero-order valence-electron chi connectivity index (χ0n) is 15.5. The van der Waals surface area contributed by atoms with Crippen molar-refractivity contribution in [1.82, 2.24) is 15.5 Å². The molecule has 1 aromatic heterocycles. The third-order valence-electron chi connectivity index (χ3n) is 5.10. The topological polar surface area (TPSA) is 99.4 Å². The van der Waals surface area contributed by atoms with E-state index in [1.54, 1.807) is 4.90 Å². The number of carbonyl (C=O) groups excluding carboxylic acids is 2. The number of hydrogen-bond acceptors (Lipinski definition) is 5. The number of aryl methyl sites for hydroxylation is 1. The minimum absolute atomic E-state index is 0.133. The summed E-state index contributed by atoms with van der Waals surface area (Å²) < 4.78 is 5.37. The Morgan fingerprint density at radius 1 is 1.41 bits per heavy atom. The maximum absolute atomic E-state index is 12.3. The van der Waals surface area contributed by atoms with Crippen LogP contribution in [0.2, 0.25) is 0 Å². The lowest BCUT2D eigenvalue weighted by atomic mass is 10.0. The fraction of sp³-hybridized carbons (Fsp3) is 0.421. The van der Waals surface area contributed by atoms with Gasteiger partial charge in [-0.25, -0.2) is 4.79 Å². The molecule has 1 aliphatic carbocycles. The second-order valence-corrected chi connectivity index (χ2v) is 6.92. The van der Waals surface area contributed by atoms with Crippen LogP contribution in [0.15, 0.2) is 18.2 Å². The average Bonchev–Trinajstić information content (AvgIpc) is 3.18. The van der Waals surface area contributed by atoms with Gasteiger partial charge in [0.15, 0.2) is 5.82 Å². The van der Waals surface area contributed by atoms with Gasteiger partial charge in [0.25, 0.3) is 0 Å². The average molecular weight is 369 g/mol. The van der Waals surface area contributed by atoms with Crippen molar-refractivity contribution in [2.75, 3.05) is 30.4 Å². The third-order valence-corrected chi connectivity index (χ3v) is 5.10. The number of benzene rings is 1. The number of cyclic esters (lactones) is 1. The van der Waals surface area contributed by atoms with Crippen LogP contribution in [0.5, 0.6) is 0 Å². The summed E-state index contributed by atoms with van der Waals surface area (Å²) in [4.78, 5) is 25.0. The number of ether oxygens (including phenoxy) is 1. The first-order valence-corrected chi connectivity index (χ1v) is 9.17. The number of hydrogen-bond donors (Lipinski definition) is 3. The van der Waals surface area contributed by atoms with Gasteiger partial charge in [0.05, 0.1) is 18.8 Å². The van der Waals surface area contributed by atoms with Crippen molar-refractivity contribution in [1.29, 1.82) is 0 Å². The van der Waals surface area contributed by atoms with Gasteiger partial charge in [-0.1, -0.05) is 6.07 Å². The normalized spacial score (nSPS) is 18.4. The summed E-state index contributed by atoms with van der Waals surface area (Å²) in [7, 11) is 1.88. The highest BCUT2D eigenvalue weighted by Crippen LogP contribution is 2.36. The van der Waals surface area contributed by atoms with E-state index in [4.69, 9.17) is 4.74 Å².